The minimum absolute atomic E-state index is 0.254. The number of likely N-dealkylation sites (tertiary alicyclic amines) is 1. The maximum atomic E-state index is 13.9. The van der Waals surface area contributed by atoms with Gasteiger partial charge in [0.2, 0.25) is 0 Å². The molecule has 6 nitrogen and oxygen atoms in total. The van der Waals surface area contributed by atoms with Crippen LogP contribution in [-0.4, -0.2) is 67.7 Å². The van der Waals surface area contributed by atoms with Crippen LogP contribution >= 0.6 is 0 Å². The van der Waals surface area contributed by atoms with E-state index in [2.05, 4.69) is 27.4 Å². The topological polar surface area (TPSA) is 55.8 Å². The molecule has 1 unspecified atom stereocenters. The van der Waals surface area contributed by atoms with Crippen molar-refractivity contribution in [2.24, 2.45) is 4.99 Å². The summed E-state index contributed by atoms with van der Waals surface area (Å²) < 4.78 is 13.9. The van der Waals surface area contributed by atoms with Crippen molar-refractivity contribution >= 4 is 11.8 Å². The summed E-state index contributed by atoms with van der Waals surface area (Å²) in [7, 11) is 0. The molecule has 0 bridgehead atoms. The molecule has 3 heterocycles. The zero-order chi connectivity index (χ0) is 18.2. The number of pyridine rings is 1. The van der Waals surface area contributed by atoms with E-state index in [4.69, 9.17) is 4.99 Å². The fourth-order valence-corrected chi connectivity index (χ4v) is 3.69. The van der Waals surface area contributed by atoms with E-state index < -0.39 is 0 Å². The highest BCUT2D eigenvalue weighted by Crippen LogP contribution is 2.20. The van der Waals surface area contributed by atoms with Gasteiger partial charge in [-0.2, -0.15) is 0 Å². The minimum Gasteiger partial charge on any atom is -0.357 e. The van der Waals surface area contributed by atoms with Gasteiger partial charge < -0.3 is 20.4 Å². The summed E-state index contributed by atoms with van der Waals surface area (Å²) in [5.41, 5.74) is 0. The summed E-state index contributed by atoms with van der Waals surface area (Å²) in [5.74, 6) is 1.06. The van der Waals surface area contributed by atoms with Crippen molar-refractivity contribution in [2.75, 3.05) is 50.7 Å². The molecular weight excluding hydrogens is 331 g/mol. The number of halogens is 1. The fourth-order valence-electron chi connectivity index (χ4n) is 3.69. The maximum Gasteiger partial charge on any atom is 0.191 e. The Morgan fingerprint density at radius 2 is 2.19 bits per heavy atom. The van der Waals surface area contributed by atoms with Crippen LogP contribution in [0.1, 0.15) is 32.6 Å². The van der Waals surface area contributed by atoms with Crippen LogP contribution in [0, 0.1) is 5.82 Å². The number of hydrogen-bond acceptors (Lipinski definition) is 4. The van der Waals surface area contributed by atoms with Gasteiger partial charge in [0.25, 0.3) is 0 Å². The van der Waals surface area contributed by atoms with Crippen LogP contribution in [0.2, 0.25) is 0 Å². The molecule has 2 saturated heterocycles. The lowest BCUT2D eigenvalue weighted by molar-refractivity contribution is 0.336. The number of guanidine groups is 1. The summed E-state index contributed by atoms with van der Waals surface area (Å²) in [6.07, 6.45) is 6.36. The average Bonchev–Trinajstić information content (AvgIpc) is 3.31. The molecule has 1 atom stereocenters. The molecule has 2 aliphatic heterocycles. The van der Waals surface area contributed by atoms with E-state index in [9.17, 15) is 4.39 Å². The summed E-state index contributed by atoms with van der Waals surface area (Å²) in [4.78, 5) is 13.4. The Morgan fingerprint density at radius 1 is 1.35 bits per heavy atom. The Bertz CT molecular complexity index is 587. The van der Waals surface area contributed by atoms with Gasteiger partial charge in [0.05, 0.1) is 0 Å². The fraction of sp³-hybridized carbons (Fsp3) is 0.684. The summed E-state index contributed by atoms with van der Waals surface area (Å²) in [5, 5.41) is 6.82. The molecule has 0 aromatic carbocycles. The first kappa shape index (κ1) is 18.9. The standard InChI is InChI=1S/C19H31FN6/c1-2-21-19(23-10-6-13-25-11-3-4-12-25)24-16-8-14-26(15-16)18-17(20)7-5-9-22-18/h5,7,9,16H,2-4,6,8,10-15H2,1H3,(H2,21,23,24). The molecule has 0 radical (unpaired) electrons. The highest BCUT2D eigenvalue weighted by molar-refractivity contribution is 5.80. The highest BCUT2D eigenvalue weighted by Gasteiger charge is 2.25. The molecule has 0 saturated carbocycles. The van der Waals surface area contributed by atoms with Crippen LogP contribution in [0.5, 0.6) is 0 Å². The second-order valence-electron chi connectivity index (χ2n) is 7.05. The van der Waals surface area contributed by atoms with Crippen LogP contribution in [0.3, 0.4) is 0 Å². The third kappa shape index (κ3) is 5.30. The van der Waals surface area contributed by atoms with Crippen LogP contribution in [0.25, 0.3) is 0 Å². The van der Waals surface area contributed by atoms with E-state index in [1.54, 1.807) is 12.3 Å². The van der Waals surface area contributed by atoms with E-state index >= 15 is 0 Å². The average molecular weight is 362 g/mol. The van der Waals surface area contributed by atoms with E-state index in [1.165, 1.54) is 32.0 Å². The van der Waals surface area contributed by atoms with Crippen molar-refractivity contribution in [3.05, 3.63) is 24.1 Å². The zero-order valence-corrected chi connectivity index (χ0v) is 15.8. The Labute approximate surface area is 155 Å². The normalized spacial score (nSPS) is 21.4. The van der Waals surface area contributed by atoms with Gasteiger partial charge in [0.15, 0.2) is 17.6 Å². The van der Waals surface area contributed by atoms with Crippen molar-refractivity contribution in [1.82, 2.24) is 20.5 Å². The molecule has 144 valence electrons. The molecular formula is C19H31FN6. The number of rotatable bonds is 7. The van der Waals surface area contributed by atoms with Gasteiger partial charge in [-0.3, -0.25) is 4.99 Å². The van der Waals surface area contributed by atoms with Gasteiger partial charge in [-0.15, -0.1) is 0 Å². The smallest absolute Gasteiger partial charge is 0.191 e. The van der Waals surface area contributed by atoms with E-state index in [0.717, 1.165) is 51.5 Å². The van der Waals surface area contributed by atoms with Crippen molar-refractivity contribution in [3.8, 4) is 0 Å². The quantitative estimate of drug-likeness (QED) is 0.440. The second-order valence-corrected chi connectivity index (χ2v) is 7.05. The third-order valence-electron chi connectivity index (χ3n) is 5.01. The Morgan fingerprint density at radius 3 is 2.96 bits per heavy atom. The van der Waals surface area contributed by atoms with E-state index in [-0.39, 0.29) is 11.9 Å². The molecule has 0 amide bonds. The molecule has 3 rings (SSSR count). The minimum atomic E-state index is -0.254. The number of nitrogens with zero attached hydrogens (tertiary/aromatic N) is 4. The van der Waals surface area contributed by atoms with E-state index in [1.807, 2.05) is 4.90 Å². The zero-order valence-electron chi connectivity index (χ0n) is 15.8. The molecule has 26 heavy (non-hydrogen) atoms. The van der Waals surface area contributed by atoms with Crippen molar-refractivity contribution in [1.29, 1.82) is 0 Å². The number of hydrogen-bond donors (Lipinski definition) is 2. The number of nitrogens with one attached hydrogen (secondary N) is 2. The summed E-state index contributed by atoms with van der Waals surface area (Å²) in [6.45, 7) is 8.91. The van der Waals surface area contributed by atoms with Crippen molar-refractivity contribution < 1.29 is 4.39 Å². The van der Waals surface area contributed by atoms with Crippen LogP contribution in [0.4, 0.5) is 10.2 Å². The second kappa shape index (κ2) is 9.71. The Hall–Kier alpha value is -1.89. The van der Waals surface area contributed by atoms with Gasteiger partial charge in [0.1, 0.15) is 0 Å². The molecule has 2 fully saturated rings. The predicted molar refractivity (Wildman–Crippen MR) is 104 cm³/mol. The largest absolute Gasteiger partial charge is 0.357 e. The first-order valence-corrected chi connectivity index (χ1v) is 9.89. The molecule has 7 heteroatoms. The first-order valence-electron chi connectivity index (χ1n) is 9.89. The molecule has 0 aliphatic carbocycles. The molecule has 1 aromatic heterocycles. The Kier molecular flexibility index (Phi) is 7.05. The molecule has 2 aliphatic rings. The van der Waals surface area contributed by atoms with Crippen LogP contribution < -0.4 is 15.5 Å². The summed E-state index contributed by atoms with van der Waals surface area (Å²) >= 11 is 0. The van der Waals surface area contributed by atoms with Crippen LogP contribution in [-0.2, 0) is 0 Å². The number of aromatic nitrogens is 1. The maximum absolute atomic E-state index is 13.9. The predicted octanol–water partition coefficient (Wildman–Crippen LogP) is 1.84. The van der Waals surface area contributed by atoms with Gasteiger partial charge in [-0.05, 0) is 64.4 Å². The Balaban J connectivity index is 1.46. The lowest BCUT2D eigenvalue weighted by Gasteiger charge is -2.20. The van der Waals surface area contributed by atoms with Crippen molar-refractivity contribution in [2.45, 2.75) is 38.6 Å². The van der Waals surface area contributed by atoms with Gasteiger partial charge in [0, 0.05) is 38.4 Å². The van der Waals surface area contributed by atoms with Gasteiger partial charge >= 0.3 is 0 Å². The molecule has 1 aromatic rings. The molecule has 2 N–H and O–H groups in total. The summed E-state index contributed by atoms with van der Waals surface area (Å²) in [6, 6.07) is 3.35. The monoisotopic (exact) mass is 362 g/mol. The number of anilines is 1. The highest BCUT2D eigenvalue weighted by atomic mass is 19.1. The molecule has 0 spiro atoms. The lowest BCUT2D eigenvalue weighted by atomic mass is 10.3. The van der Waals surface area contributed by atoms with Gasteiger partial charge in [-0.25, -0.2) is 9.37 Å². The number of aliphatic imine (C=N–C) groups is 1. The third-order valence-corrected chi connectivity index (χ3v) is 5.01. The van der Waals surface area contributed by atoms with Crippen molar-refractivity contribution in [3.63, 3.8) is 0 Å². The SMILES string of the molecule is CCNC(=NCCCN1CCCC1)NC1CCN(c2ncccc2F)C1. The lowest BCUT2D eigenvalue weighted by Crippen LogP contribution is -2.44. The van der Waals surface area contributed by atoms with Gasteiger partial charge in [-0.1, -0.05) is 0 Å². The van der Waals surface area contributed by atoms with E-state index in [0.29, 0.717) is 5.82 Å². The van der Waals surface area contributed by atoms with Crippen LogP contribution in [0.15, 0.2) is 23.3 Å². The first-order chi connectivity index (χ1) is 12.8.